The molecule has 3 rings (SSSR count). The summed E-state index contributed by atoms with van der Waals surface area (Å²) in [4.78, 5) is 26.0. The van der Waals surface area contributed by atoms with E-state index in [-0.39, 0.29) is 17.5 Å². The van der Waals surface area contributed by atoms with Gasteiger partial charge in [-0.15, -0.1) is 0 Å². The highest BCUT2D eigenvalue weighted by Crippen LogP contribution is 2.37. The minimum Gasteiger partial charge on any atom is -0.478 e. The van der Waals surface area contributed by atoms with Crippen LogP contribution in [0.25, 0.3) is 6.08 Å². The van der Waals surface area contributed by atoms with Gasteiger partial charge in [0, 0.05) is 6.04 Å². The Morgan fingerprint density at radius 1 is 1.30 bits per heavy atom. The van der Waals surface area contributed by atoms with Gasteiger partial charge in [0.2, 0.25) is 0 Å². The second-order valence-electron chi connectivity index (χ2n) is 5.77. The van der Waals surface area contributed by atoms with E-state index in [9.17, 15) is 9.59 Å². The van der Waals surface area contributed by atoms with Gasteiger partial charge in [-0.25, -0.2) is 4.79 Å². The Hall–Kier alpha value is -1.66. The minimum atomic E-state index is -0.977. The summed E-state index contributed by atoms with van der Waals surface area (Å²) in [7, 11) is 0. The van der Waals surface area contributed by atoms with Crippen molar-refractivity contribution in [2.45, 2.75) is 38.1 Å². The lowest BCUT2D eigenvalue weighted by atomic mass is 9.94. The van der Waals surface area contributed by atoms with Gasteiger partial charge >= 0.3 is 5.97 Å². The van der Waals surface area contributed by atoms with Crippen LogP contribution in [0.4, 0.5) is 0 Å². The SMILES string of the molecule is O=C(O)c1cccc(/C=C2/SC(=S)N(C3CCCCC3)C2=O)c1. The standard InChI is InChI=1S/C17H17NO3S2/c19-15-14(10-11-5-4-6-12(9-11)16(20)21)23-17(22)18(15)13-7-2-1-3-8-13/h4-6,9-10,13H,1-3,7-8H2,(H,20,21)/b14-10+. The van der Waals surface area contributed by atoms with Crippen LogP contribution in [0.3, 0.4) is 0 Å². The van der Waals surface area contributed by atoms with Crippen LogP contribution in [-0.4, -0.2) is 32.2 Å². The number of thioether (sulfide) groups is 1. The first-order valence-corrected chi connectivity index (χ1v) is 8.89. The molecule has 1 aliphatic carbocycles. The Morgan fingerprint density at radius 3 is 2.74 bits per heavy atom. The van der Waals surface area contributed by atoms with Gasteiger partial charge < -0.3 is 5.11 Å². The molecule has 23 heavy (non-hydrogen) atoms. The number of rotatable bonds is 3. The smallest absolute Gasteiger partial charge is 0.335 e. The van der Waals surface area contributed by atoms with Crippen LogP contribution in [0.15, 0.2) is 29.2 Å². The third kappa shape index (κ3) is 3.48. The summed E-state index contributed by atoms with van der Waals surface area (Å²) in [5.41, 5.74) is 0.913. The highest BCUT2D eigenvalue weighted by atomic mass is 32.2. The summed E-state index contributed by atoms with van der Waals surface area (Å²) < 4.78 is 0.613. The van der Waals surface area contributed by atoms with Gasteiger partial charge in [-0.05, 0) is 36.6 Å². The summed E-state index contributed by atoms with van der Waals surface area (Å²) >= 11 is 6.70. The first-order valence-electron chi connectivity index (χ1n) is 7.66. The molecule has 120 valence electrons. The van der Waals surface area contributed by atoms with Crippen LogP contribution >= 0.6 is 24.0 Å². The lowest BCUT2D eigenvalue weighted by Crippen LogP contribution is -2.39. The summed E-state index contributed by atoms with van der Waals surface area (Å²) in [6.45, 7) is 0. The van der Waals surface area contributed by atoms with Crippen molar-refractivity contribution in [1.29, 1.82) is 0 Å². The second-order valence-corrected chi connectivity index (χ2v) is 7.45. The van der Waals surface area contributed by atoms with Crippen molar-refractivity contribution in [2.75, 3.05) is 0 Å². The highest BCUT2D eigenvalue weighted by Gasteiger charge is 2.37. The lowest BCUT2D eigenvalue weighted by molar-refractivity contribution is -0.124. The van der Waals surface area contributed by atoms with Crippen LogP contribution in [0.2, 0.25) is 0 Å². The number of carboxylic acids is 1. The first-order chi connectivity index (χ1) is 11.1. The van der Waals surface area contributed by atoms with E-state index in [1.165, 1.54) is 24.2 Å². The molecule has 1 heterocycles. The summed E-state index contributed by atoms with van der Waals surface area (Å²) in [6, 6.07) is 6.78. The number of hydrogen-bond donors (Lipinski definition) is 1. The maximum atomic E-state index is 12.7. The maximum Gasteiger partial charge on any atom is 0.335 e. The Bertz CT molecular complexity index is 693. The highest BCUT2D eigenvalue weighted by molar-refractivity contribution is 8.26. The van der Waals surface area contributed by atoms with Crippen molar-refractivity contribution >= 4 is 46.3 Å². The van der Waals surface area contributed by atoms with Crippen molar-refractivity contribution < 1.29 is 14.7 Å². The zero-order valence-electron chi connectivity index (χ0n) is 12.5. The predicted octanol–water partition coefficient (Wildman–Crippen LogP) is 3.92. The number of benzene rings is 1. The van der Waals surface area contributed by atoms with Crippen LogP contribution in [0, 0.1) is 0 Å². The molecule has 1 aromatic rings. The second kappa shape index (κ2) is 6.84. The largest absolute Gasteiger partial charge is 0.478 e. The number of carbonyl (C=O) groups excluding carboxylic acids is 1. The zero-order chi connectivity index (χ0) is 16.4. The van der Waals surface area contributed by atoms with E-state index in [1.807, 2.05) is 0 Å². The molecule has 0 bridgehead atoms. The first kappa shape index (κ1) is 16.2. The number of thiocarbonyl (C=S) groups is 1. The third-order valence-corrected chi connectivity index (χ3v) is 5.53. The number of hydrogen-bond acceptors (Lipinski definition) is 4. The van der Waals surface area contributed by atoms with Crippen molar-refractivity contribution in [3.05, 3.63) is 40.3 Å². The van der Waals surface area contributed by atoms with Gasteiger partial charge in [0.25, 0.3) is 5.91 Å². The van der Waals surface area contributed by atoms with Crippen LogP contribution in [-0.2, 0) is 4.79 Å². The Kier molecular flexibility index (Phi) is 4.82. The lowest BCUT2D eigenvalue weighted by Gasteiger charge is -2.29. The molecule has 0 aromatic heterocycles. The molecule has 2 aliphatic rings. The molecule has 0 atom stereocenters. The van der Waals surface area contributed by atoms with Gasteiger partial charge in [-0.1, -0.05) is 55.4 Å². The average molecular weight is 347 g/mol. The van der Waals surface area contributed by atoms with Gasteiger partial charge in [-0.2, -0.15) is 0 Å². The maximum absolute atomic E-state index is 12.7. The zero-order valence-corrected chi connectivity index (χ0v) is 14.2. The Morgan fingerprint density at radius 2 is 2.04 bits per heavy atom. The monoisotopic (exact) mass is 347 g/mol. The summed E-state index contributed by atoms with van der Waals surface area (Å²) in [6.07, 6.45) is 7.25. The number of nitrogens with zero attached hydrogens (tertiary/aromatic N) is 1. The molecule has 6 heteroatoms. The van der Waals surface area contributed by atoms with Gasteiger partial charge in [0.1, 0.15) is 4.32 Å². The van der Waals surface area contributed by atoms with Crippen LogP contribution in [0.1, 0.15) is 48.0 Å². The van der Waals surface area contributed by atoms with Gasteiger partial charge in [-0.3, -0.25) is 9.69 Å². The third-order valence-electron chi connectivity index (χ3n) is 4.19. The van der Waals surface area contributed by atoms with Crippen molar-refractivity contribution in [3.8, 4) is 0 Å². The number of amides is 1. The molecule has 1 amide bonds. The minimum absolute atomic E-state index is 0.0485. The quantitative estimate of drug-likeness (QED) is 0.663. The number of aromatic carboxylic acids is 1. The number of carboxylic acid groups (broad SMARTS) is 1. The van der Waals surface area contributed by atoms with Crippen LogP contribution < -0.4 is 0 Å². The molecule has 1 saturated carbocycles. The molecular weight excluding hydrogens is 330 g/mol. The fourth-order valence-corrected chi connectivity index (χ4v) is 4.45. The molecular formula is C17H17NO3S2. The topological polar surface area (TPSA) is 57.6 Å². The van der Waals surface area contributed by atoms with E-state index in [0.29, 0.717) is 14.8 Å². The van der Waals surface area contributed by atoms with E-state index in [1.54, 1.807) is 29.2 Å². The molecule has 2 fully saturated rings. The van der Waals surface area contributed by atoms with E-state index < -0.39 is 5.97 Å². The summed E-state index contributed by atoms with van der Waals surface area (Å²) in [5, 5.41) is 9.05. The molecule has 1 saturated heterocycles. The van der Waals surface area contributed by atoms with Gasteiger partial charge in [0.05, 0.1) is 10.5 Å². The van der Waals surface area contributed by atoms with Crippen LogP contribution in [0.5, 0.6) is 0 Å². The molecule has 1 N–H and O–H groups in total. The Balaban J connectivity index is 1.83. The van der Waals surface area contributed by atoms with E-state index in [0.717, 1.165) is 25.7 Å². The fraction of sp³-hybridized carbons (Fsp3) is 0.353. The van der Waals surface area contributed by atoms with Crippen molar-refractivity contribution in [1.82, 2.24) is 4.90 Å². The fourth-order valence-electron chi connectivity index (χ4n) is 3.05. The number of carbonyl (C=O) groups is 2. The molecule has 0 spiro atoms. The normalized spacial score (nSPS) is 21.2. The van der Waals surface area contributed by atoms with Crippen molar-refractivity contribution in [3.63, 3.8) is 0 Å². The molecule has 1 aliphatic heterocycles. The molecule has 1 aromatic carbocycles. The molecule has 4 nitrogen and oxygen atoms in total. The average Bonchev–Trinajstić information content (AvgIpc) is 2.82. The predicted molar refractivity (Wildman–Crippen MR) is 95.3 cm³/mol. The van der Waals surface area contributed by atoms with Crippen molar-refractivity contribution in [2.24, 2.45) is 0 Å². The van der Waals surface area contributed by atoms with E-state index in [2.05, 4.69) is 0 Å². The van der Waals surface area contributed by atoms with E-state index >= 15 is 0 Å². The van der Waals surface area contributed by atoms with Gasteiger partial charge in [0.15, 0.2) is 0 Å². The summed E-state index contributed by atoms with van der Waals surface area (Å²) in [5.74, 6) is -1.03. The Labute approximate surface area is 144 Å². The molecule has 0 unspecified atom stereocenters. The molecule has 0 radical (unpaired) electrons. The van der Waals surface area contributed by atoms with E-state index in [4.69, 9.17) is 17.3 Å².